The molecule has 3 N–H and O–H groups in total. The summed E-state index contributed by atoms with van der Waals surface area (Å²) in [4.78, 5) is 16.0. The van der Waals surface area contributed by atoms with Crippen LogP contribution in [-0.4, -0.2) is 35.7 Å². The summed E-state index contributed by atoms with van der Waals surface area (Å²) >= 11 is 0. The second kappa shape index (κ2) is 9.59. The van der Waals surface area contributed by atoms with Gasteiger partial charge in [-0.25, -0.2) is 4.99 Å². The molecule has 0 bridgehead atoms. The number of halogens is 1. The third kappa shape index (κ3) is 9.27. The van der Waals surface area contributed by atoms with Crippen LogP contribution in [0.15, 0.2) is 21.8 Å². The summed E-state index contributed by atoms with van der Waals surface area (Å²) < 4.78 is 4.74. The Morgan fingerprint density at radius 1 is 1.38 bits per heavy atom. The first-order chi connectivity index (χ1) is 9.40. The molecule has 0 aliphatic carbocycles. The molecule has 0 unspecified atom stereocenters. The van der Waals surface area contributed by atoms with Crippen molar-refractivity contribution in [3.05, 3.63) is 18.0 Å². The highest BCUT2D eigenvalue weighted by atomic mass is 127. The van der Waals surface area contributed by atoms with Crippen molar-refractivity contribution in [2.75, 3.05) is 13.1 Å². The lowest BCUT2D eigenvalue weighted by Crippen LogP contribution is -2.48. The van der Waals surface area contributed by atoms with Gasteiger partial charge in [0, 0.05) is 18.2 Å². The van der Waals surface area contributed by atoms with Crippen molar-refractivity contribution in [1.82, 2.24) is 21.1 Å². The van der Waals surface area contributed by atoms with Crippen LogP contribution in [0.1, 0.15) is 33.4 Å². The molecule has 7 nitrogen and oxygen atoms in total. The highest BCUT2D eigenvalue weighted by Gasteiger charge is 2.13. The van der Waals surface area contributed by atoms with Crippen LogP contribution in [0.5, 0.6) is 0 Å². The summed E-state index contributed by atoms with van der Waals surface area (Å²) in [5.41, 5.74) is 0.496. The number of nitrogens with one attached hydrogen (secondary N) is 3. The molecular weight excluding hydrogens is 385 g/mol. The van der Waals surface area contributed by atoms with E-state index in [1.165, 1.54) is 6.26 Å². The quantitative estimate of drug-likeness (QED) is 0.387. The normalized spacial score (nSPS) is 11.5. The van der Waals surface area contributed by atoms with Gasteiger partial charge >= 0.3 is 0 Å². The van der Waals surface area contributed by atoms with Crippen molar-refractivity contribution >= 4 is 35.8 Å². The minimum absolute atomic E-state index is 0. The van der Waals surface area contributed by atoms with Gasteiger partial charge < -0.3 is 20.5 Å². The Kier molecular flexibility index (Phi) is 8.98. The molecule has 1 rings (SSSR count). The Hall–Kier alpha value is -1.32. The number of carbonyl (C=O) groups is 1. The zero-order valence-electron chi connectivity index (χ0n) is 12.9. The molecule has 0 aliphatic rings. The van der Waals surface area contributed by atoms with E-state index >= 15 is 0 Å². The van der Waals surface area contributed by atoms with Crippen molar-refractivity contribution in [2.45, 2.75) is 39.8 Å². The SMILES string of the molecule is CCNC(=NCc1ccon1)NCC(=O)NC(C)(C)C.I. The third-order valence-corrected chi connectivity index (χ3v) is 2.17. The lowest BCUT2D eigenvalue weighted by atomic mass is 10.1. The van der Waals surface area contributed by atoms with Gasteiger partial charge in [-0.05, 0) is 27.7 Å². The standard InChI is InChI=1S/C13H23N5O2.HI/c1-5-14-12(15-8-10-6-7-20-18-10)16-9-11(19)17-13(2,3)4;/h6-7H,5,8-9H2,1-4H3,(H,17,19)(H2,14,15,16);1H. The second-order valence-electron chi connectivity index (χ2n) is 5.34. The van der Waals surface area contributed by atoms with Gasteiger partial charge in [0.15, 0.2) is 5.96 Å². The van der Waals surface area contributed by atoms with Gasteiger partial charge in [-0.1, -0.05) is 5.16 Å². The van der Waals surface area contributed by atoms with Gasteiger partial charge in [0.25, 0.3) is 0 Å². The molecule has 0 saturated heterocycles. The van der Waals surface area contributed by atoms with E-state index < -0.39 is 0 Å². The highest BCUT2D eigenvalue weighted by Crippen LogP contribution is 1.97. The van der Waals surface area contributed by atoms with Crippen molar-refractivity contribution in [3.8, 4) is 0 Å². The first-order valence-corrected chi connectivity index (χ1v) is 6.63. The molecule has 0 saturated carbocycles. The predicted octanol–water partition coefficient (Wildman–Crippen LogP) is 1.26. The second-order valence-corrected chi connectivity index (χ2v) is 5.34. The van der Waals surface area contributed by atoms with E-state index in [9.17, 15) is 4.79 Å². The molecule has 0 aliphatic heterocycles. The Balaban J connectivity index is 0.00000400. The monoisotopic (exact) mass is 409 g/mol. The minimum atomic E-state index is -0.241. The van der Waals surface area contributed by atoms with Crippen LogP contribution < -0.4 is 16.0 Å². The largest absolute Gasteiger partial charge is 0.364 e. The van der Waals surface area contributed by atoms with Gasteiger partial charge in [0.2, 0.25) is 5.91 Å². The molecule has 120 valence electrons. The van der Waals surface area contributed by atoms with Gasteiger partial charge in [0.05, 0.1) is 13.1 Å². The van der Waals surface area contributed by atoms with Crippen LogP contribution in [0.2, 0.25) is 0 Å². The molecular formula is C13H24IN5O2. The van der Waals surface area contributed by atoms with Crippen LogP contribution in [0.25, 0.3) is 0 Å². The van der Waals surface area contributed by atoms with E-state index in [2.05, 4.69) is 26.1 Å². The molecule has 21 heavy (non-hydrogen) atoms. The maximum absolute atomic E-state index is 11.7. The number of amides is 1. The van der Waals surface area contributed by atoms with E-state index in [-0.39, 0.29) is 42.0 Å². The van der Waals surface area contributed by atoms with Crippen LogP contribution in [0, 0.1) is 0 Å². The summed E-state index contributed by atoms with van der Waals surface area (Å²) in [6.07, 6.45) is 1.50. The van der Waals surface area contributed by atoms with Crippen LogP contribution in [-0.2, 0) is 11.3 Å². The van der Waals surface area contributed by atoms with E-state index in [0.717, 1.165) is 5.69 Å². The van der Waals surface area contributed by atoms with Crippen molar-refractivity contribution in [3.63, 3.8) is 0 Å². The highest BCUT2D eigenvalue weighted by molar-refractivity contribution is 14.0. The summed E-state index contributed by atoms with van der Waals surface area (Å²) in [5, 5.41) is 12.7. The molecule has 1 amide bonds. The first-order valence-electron chi connectivity index (χ1n) is 6.63. The predicted molar refractivity (Wildman–Crippen MR) is 92.6 cm³/mol. The Morgan fingerprint density at radius 2 is 2.10 bits per heavy atom. The van der Waals surface area contributed by atoms with E-state index in [4.69, 9.17) is 4.52 Å². The topological polar surface area (TPSA) is 91.6 Å². The molecule has 0 fully saturated rings. The van der Waals surface area contributed by atoms with Crippen molar-refractivity contribution in [2.24, 2.45) is 4.99 Å². The average molecular weight is 409 g/mol. The zero-order valence-corrected chi connectivity index (χ0v) is 15.2. The summed E-state index contributed by atoms with van der Waals surface area (Å²) in [7, 11) is 0. The Bertz CT molecular complexity index is 440. The lowest BCUT2D eigenvalue weighted by molar-refractivity contribution is -0.121. The minimum Gasteiger partial charge on any atom is -0.364 e. The average Bonchev–Trinajstić information content (AvgIpc) is 2.83. The number of hydrogen-bond acceptors (Lipinski definition) is 4. The summed E-state index contributed by atoms with van der Waals surface area (Å²) in [6, 6.07) is 1.75. The smallest absolute Gasteiger partial charge is 0.239 e. The fraction of sp³-hybridized carbons (Fsp3) is 0.615. The number of rotatable bonds is 5. The van der Waals surface area contributed by atoms with E-state index in [1.54, 1.807) is 6.07 Å². The number of nitrogens with zero attached hydrogens (tertiary/aromatic N) is 2. The fourth-order valence-corrected chi connectivity index (χ4v) is 1.45. The summed E-state index contributed by atoms with van der Waals surface area (Å²) in [5.74, 6) is 0.490. The molecule has 0 radical (unpaired) electrons. The number of carbonyl (C=O) groups excluding carboxylic acids is 1. The van der Waals surface area contributed by atoms with Gasteiger partial charge in [-0.2, -0.15) is 0 Å². The number of aromatic nitrogens is 1. The molecule has 0 spiro atoms. The van der Waals surface area contributed by atoms with Crippen LogP contribution in [0.3, 0.4) is 0 Å². The first kappa shape index (κ1) is 19.7. The van der Waals surface area contributed by atoms with Crippen molar-refractivity contribution in [1.29, 1.82) is 0 Å². The molecule has 8 heteroatoms. The lowest BCUT2D eigenvalue weighted by Gasteiger charge is -2.21. The molecule has 1 heterocycles. The summed E-state index contributed by atoms with van der Waals surface area (Å²) in [6.45, 7) is 9.06. The fourth-order valence-electron chi connectivity index (χ4n) is 1.45. The van der Waals surface area contributed by atoms with Gasteiger partial charge in [-0.3, -0.25) is 4.79 Å². The number of aliphatic imine (C=N–C) groups is 1. The molecule has 1 aromatic heterocycles. The van der Waals surface area contributed by atoms with Crippen LogP contribution in [0.4, 0.5) is 0 Å². The Labute approximate surface area is 142 Å². The molecule has 0 atom stereocenters. The number of guanidine groups is 1. The van der Waals surface area contributed by atoms with Gasteiger partial charge in [0.1, 0.15) is 12.0 Å². The Morgan fingerprint density at radius 3 is 2.62 bits per heavy atom. The van der Waals surface area contributed by atoms with E-state index in [0.29, 0.717) is 19.0 Å². The molecule has 1 aromatic rings. The van der Waals surface area contributed by atoms with E-state index in [1.807, 2.05) is 27.7 Å². The zero-order chi connectivity index (χ0) is 15.0. The van der Waals surface area contributed by atoms with Gasteiger partial charge in [-0.15, -0.1) is 24.0 Å². The third-order valence-electron chi connectivity index (χ3n) is 2.17. The van der Waals surface area contributed by atoms with Crippen molar-refractivity contribution < 1.29 is 9.32 Å². The van der Waals surface area contributed by atoms with Crippen LogP contribution >= 0.6 is 24.0 Å². The maximum Gasteiger partial charge on any atom is 0.239 e. The maximum atomic E-state index is 11.7. The molecule has 0 aromatic carbocycles. The number of hydrogen-bond donors (Lipinski definition) is 3.